The Morgan fingerprint density at radius 3 is 2.60 bits per heavy atom. The van der Waals surface area contributed by atoms with Gasteiger partial charge in [-0.05, 0) is 69.6 Å². The first-order valence-electron chi connectivity index (χ1n) is 14.9. The second-order valence-electron chi connectivity index (χ2n) is 11.6. The smallest absolute Gasteiger partial charge is 0.281 e. The first kappa shape index (κ1) is 29.3. The molecule has 2 aliphatic rings. The lowest BCUT2D eigenvalue weighted by Gasteiger charge is -2.36. The van der Waals surface area contributed by atoms with Crippen LogP contribution in [-0.2, 0) is 14.6 Å². The van der Waals surface area contributed by atoms with Gasteiger partial charge in [-0.15, -0.1) is 5.10 Å². The summed E-state index contributed by atoms with van der Waals surface area (Å²) in [4.78, 5) is 36.7. The summed E-state index contributed by atoms with van der Waals surface area (Å²) in [5, 5.41) is 10.1. The van der Waals surface area contributed by atoms with E-state index in [4.69, 9.17) is 0 Å². The van der Waals surface area contributed by atoms with Gasteiger partial charge in [0.25, 0.3) is 5.56 Å². The number of nitrogens with zero attached hydrogens (tertiary/aromatic N) is 6. The molecular weight excluding hydrogens is 568 g/mol. The number of benzene rings is 2. The highest BCUT2D eigenvalue weighted by Gasteiger charge is 2.28. The van der Waals surface area contributed by atoms with E-state index < -0.39 is 15.4 Å². The molecule has 2 aliphatic heterocycles. The highest BCUT2D eigenvalue weighted by molar-refractivity contribution is 7.91. The predicted octanol–water partition coefficient (Wildman–Crippen LogP) is 1.74. The number of anilines is 1. The summed E-state index contributed by atoms with van der Waals surface area (Å²) in [5.74, 6) is 0.0576. The third-order valence-electron chi connectivity index (χ3n) is 8.73. The molecule has 4 aromatic rings. The summed E-state index contributed by atoms with van der Waals surface area (Å²) in [6.45, 7) is 11.9. The van der Waals surface area contributed by atoms with Gasteiger partial charge in [-0.2, -0.15) is 4.98 Å². The Kier molecular flexibility index (Phi) is 7.96. The van der Waals surface area contributed by atoms with Crippen molar-refractivity contribution in [2.24, 2.45) is 0 Å². The van der Waals surface area contributed by atoms with Gasteiger partial charge in [0.2, 0.25) is 20.8 Å². The van der Waals surface area contributed by atoms with Crippen molar-refractivity contribution in [1.82, 2.24) is 34.9 Å². The first-order valence-corrected chi connectivity index (χ1v) is 16.4. The predicted molar refractivity (Wildman–Crippen MR) is 164 cm³/mol. The highest BCUT2D eigenvalue weighted by Crippen LogP contribution is 2.27. The Morgan fingerprint density at radius 1 is 1.07 bits per heavy atom. The van der Waals surface area contributed by atoms with E-state index in [0.717, 1.165) is 43.9 Å². The largest absolute Gasteiger partial charge is 0.369 e. The van der Waals surface area contributed by atoms with Crippen LogP contribution in [0.4, 0.5) is 5.69 Å². The lowest BCUT2D eigenvalue weighted by Crippen LogP contribution is -2.50. The topological polar surface area (TPSA) is 136 Å². The van der Waals surface area contributed by atoms with Crippen molar-refractivity contribution in [2.75, 3.05) is 57.3 Å². The molecule has 228 valence electrons. The lowest BCUT2D eigenvalue weighted by molar-refractivity contribution is -0.122. The molecule has 43 heavy (non-hydrogen) atoms. The normalized spacial score (nSPS) is 18.6. The molecule has 0 radical (unpaired) electrons. The van der Waals surface area contributed by atoms with Crippen LogP contribution in [0.5, 0.6) is 0 Å². The maximum Gasteiger partial charge on any atom is 0.281 e. The molecule has 1 atom stereocenters. The molecule has 2 N–H and O–H groups in total. The average molecular weight is 607 g/mol. The van der Waals surface area contributed by atoms with Crippen LogP contribution >= 0.6 is 0 Å². The van der Waals surface area contributed by atoms with E-state index in [0.29, 0.717) is 48.7 Å². The minimum absolute atomic E-state index is 0.0369. The number of amides is 1. The number of carbonyl (C=O) groups excluding carboxylic acids is 1. The van der Waals surface area contributed by atoms with Crippen molar-refractivity contribution in [2.45, 2.75) is 49.6 Å². The van der Waals surface area contributed by atoms with Crippen LogP contribution in [0.25, 0.3) is 16.6 Å². The molecule has 4 heterocycles. The number of aromatic nitrogens is 4. The molecular formula is C30H38N8O4S. The minimum Gasteiger partial charge on any atom is -0.369 e. The Hall–Kier alpha value is -3.81. The van der Waals surface area contributed by atoms with Gasteiger partial charge < -0.3 is 10.2 Å². The van der Waals surface area contributed by atoms with Crippen LogP contribution in [0.15, 0.2) is 51.1 Å². The van der Waals surface area contributed by atoms with Gasteiger partial charge >= 0.3 is 0 Å². The number of fused-ring (bicyclic) bond motifs is 3. The number of H-pyrrole nitrogens is 1. The summed E-state index contributed by atoms with van der Waals surface area (Å²) >= 11 is 0. The van der Waals surface area contributed by atoms with Gasteiger partial charge in [0.1, 0.15) is 0 Å². The summed E-state index contributed by atoms with van der Waals surface area (Å²) in [6, 6.07) is 11.0. The minimum atomic E-state index is -4.03. The monoisotopic (exact) mass is 606 g/mol. The highest BCUT2D eigenvalue weighted by atomic mass is 32.2. The second-order valence-corrected chi connectivity index (χ2v) is 13.4. The Balaban J connectivity index is 1.18. The summed E-state index contributed by atoms with van der Waals surface area (Å²) in [7, 11) is -4.03. The average Bonchev–Trinajstić information content (AvgIpc) is 3.63. The molecule has 0 spiro atoms. The van der Waals surface area contributed by atoms with E-state index in [1.807, 2.05) is 19.1 Å². The molecule has 12 nitrogen and oxygen atoms in total. The third kappa shape index (κ3) is 5.64. The van der Waals surface area contributed by atoms with Gasteiger partial charge in [0.15, 0.2) is 5.65 Å². The van der Waals surface area contributed by atoms with Crippen LogP contribution in [0, 0.1) is 13.8 Å². The van der Waals surface area contributed by atoms with Gasteiger partial charge in [0, 0.05) is 44.5 Å². The first-order chi connectivity index (χ1) is 20.7. The maximum absolute atomic E-state index is 13.6. The number of aromatic amines is 1. The van der Waals surface area contributed by atoms with E-state index in [1.165, 1.54) is 10.9 Å². The molecule has 2 fully saturated rings. The molecule has 0 aliphatic carbocycles. The van der Waals surface area contributed by atoms with Crippen molar-refractivity contribution in [3.8, 4) is 0 Å². The fourth-order valence-corrected chi connectivity index (χ4v) is 7.85. The molecule has 0 bridgehead atoms. The number of likely N-dealkylation sites (tertiary alicyclic amines) is 1. The zero-order valence-corrected chi connectivity index (χ0v) is 25.7. The van der Waals surface area contributed by atoms with E-state index in [-0.39, 0.29) is 21.5 Å². The summed E-state index contributed by atoms with van der Waals surface area (Å²) < 4.78 is 28.6. The number of sulfone groups is 1. The molecule has 2 aromatic heterocycles. The van der Waals surface area contributed by atoms with Crippen LogP contribution in [0.1, 0.15) is 30.9 Å². The summed E-state index contributed by atoms with van der Waals surface area (Å²) in [5.41, 5.74) is 2.38. The molecule has 2 aromatic carbocycles. The van der Waals surface area contributed by atoms with Crippen molar-refractivity contribution < 1.29 is 13.2 Å². The Labute approximate surface area is 250 Å². The summed E-state index contributed by atoms with van der Waals surface area (Å²) in [6.07, 6.45) is 2.32. The van der Waals surface area contributed by atoms with Crippen LogP contribution < -0.4 is 15.8 Å². The number of rotatable bonds is 8. The molecule has 1 unspecified atom stereocenters. The molecule has 1 amide bonds. The van der Waals surface area contributed by atoms with Gasteiger partial charge in [-0.25, -0.2) is 18.1 Å². The molecule has 13 heteroatoms. The Bertz CT molecular complexity index is 1840. The zero-order valence-electron chi connectivity index (χ0n) is 24.8. The van der Waals surface area contributed by atoms with E-state index in [2.05, 4.69) is 42.2 Å². The van der Waals surface area contributed by atoms with Crippen LogP contribution in [0.3, 0.4) is 0 Å². The number of nitrogens with one attached hydrogen (secondary N) is 2. The molecule has 2 saturated heterocycles. The van der Waals surface area contributed by atoms with Gasteiger partial charge in [0.05, 0.1) is 22.3 Å². The number of carbonyl (C=O) groups is 1. The van der Waals surface area contributed by atoms with Crippen molar-refractivity contribution in [1.29, 1.82) is 0 Å². The number of aryl methyl sites for hydroxylation is 2. The van der Waals surface area contributed by atoms with Crippen LogP contribution in [0.2, 0.25) is 0 Å². The zero-order chi connectivity index (χ0) is 30.3. The fraction of sp³-hybridized carbons (Fsp3) is 0.467. The standard InChI is InChI=1S/C30H38N8O4S/c1-4-36-11-5-6-23(36)18-31-27(39)19-35-12-14-37(15-13-35)22-8-9-24-25(17-22)38-28(32-29(24)40)30(33-34-38)43(41,42)26-10-7-20(2)16-21(26)3/h7-10,16-17,23,34H,4-6,11-15,18-19H2,1-3H3,(H,31,39). The quantitative estimate of drug-likeness (QED) is 0.307. The van der Waals surface area contributed by atoms with Crippen molar-refractivity contribution in [3.63, 3.8) is 0 Å². The Morgan fingerprint density at radius 2 is 1.86 bits per heavy atom. The lowest BCUT2D eigenvalue weighted by atomic mass is 10.2. The molecule has 6 rings (SSSR count). The number of hydrogen-bond acceptors (Lipinski definition) is 9. The van der Waals surface area contributed by atoms with E-state index >= 15 is 0 Å². The fourth-order valence-electron chi connectivity index (χ4n) is 6.38. The van der Waals surface area contributed by atoms with Crippen LogP contribution in [-0.4, -0.2) is 102 Å². The van der Waals surface area contributed by atoms with Crippen molar-refractivity contribution in [3.05, 3.63) is 57.9 Å². The maximum atomic E-state index is 13.6. The SMILES string of the molecule is CCN1CCCC1CNC(=O)CN1CCN(c2ccc3c(=O)nc4c(S(=O)(=O)c5ccc(C)cc5C)n[nH]n4c3c2)CC1. The van der Waals surface area contributed by atoms with Gasteiger partial charge in [-0.3, -0.25) is 19.4 Å². The second kappa shape index (κ2) is 11.7. The van der Waals surface area contributed by atoms with Gasteiger partial charge in [-0.1, -0.05) is 24.6 Å². The van der Waals surface area contributed by atoms with E-state index in [9.17, 15) is 18.0 Å². The van der Waals surface area contributed by atoms with E-state index in [1.54, 1.807) is 31.2 Å². The number of hydrogen-bond donors (Lipinski definition) is 2. The third-order valence-corrected chi connectivity index (χ3v) is 10.6. The number of piperazine rings is 1. The molecule has 0 saturated carbocycles. The number of likely N-dealkylation sites (N-methyl/N-ethyl adjacent to an activating group) is 1. The van der Waals surface area contributed by atoms with Crippen molar-refractivity contribution >= 4 is 38.0 Å².